The zero-order valence-corrected chi connectivity index (χ0v) is 45.7. The Bertz CT molecular complexity index is 3430. The van der Waals surface area contributed by atoms with Crippen LogP contribution < -0.4 is 0 Å². The topological polar surface area (TPSA) is 26.9 Å². The van der Waals surface area contributed by atoms with E-state index in [-0.39, 0.29) is 27.4 Å². The molecule has 0 bridgehead atoms. The highest BCUT2D eigenvalue weighted by Gasteiger charge is 2.25. The van der Waals surface area contributed by atoms with Gasteiger partial charge in [-0.25, -0.2) is 0 Å². The summed E-state index contributed by atoms with van der Waals surface area (Å²) in [5.41, 5.74) is 17.9. The van der Waals surface area contributed by atoms with Gasteiger partial charge in [0.1, 0.15) is 0 Å². The van der Waals surface area contributed by atoms with Crippen molar-refractivity contribution in [3.05, 3.63) is 200 Å². The summed E-state index contributed by atoms with van der Waals surface area (Å²) < 4.78 is 6.95. The van der Waals surface area contributed by atoms with Crippen LogP contribution in [0.15, 0.2) is 167 Å². The molecule has 2 aromatic heterocycles. The molecule has 3 nitrogen and oxygen atoms in total. The Morgan fingerprint density at radius 2 is 0.629 bits per heavy atom. The maximum Gasteiger partial charge on any atom is 0.193 e. The third kappa shape index (κ3) is 8.57. The minimum atomic E-state index is 0.00569. The number of rotatable bonds is 6. The third-order valence-corrected chi connectivity index (χ3v) is 15.5. The van der Waals surface area contributed by atoms with E-state index in [1.807, 2.05) is 24.3 Å². The van der Waals surface area contributed by atoms with E-state index in [0.29, 0.717) is 11.1 Å². The third-order valence-electron chi connectivity index (χ3n) is 14.3. The van der Waals surface area contributed by atoms with Crippen molar-refractivity contribution in [1.82, 2.24) is 9.13 Å². The first-order valence-corrected chi connectivity index (χ1v) is 26.1. The Labute approximate surface area is 430 Å². The van der Waals surface area contributed by atoms with Gasteiger partial charge in [-0.05, 0) is 171 Å². The van der Waals surface area contributed by atoms with E-state index in [1.165, 1.54) is 65.9 Å². The monoisotopic (exact) mass is 1040 g/mol. The molecule has 0 spiro atoms. The summed E-state index contributed by atoms with van der Waals surface area (Å²) in [6.45, 7) is 27.3. The molecule has 0 amide bonds. The van der Waals surface area contributed by atoms with Gasteiger partial charge < -0.3 is 9.13 Å². The number of benzene rings is 8. The maximum absolute atomic E-state index is 13.9. The van der Waals surface area contributed by atoms with Crippen LogP contribution in [0.2, 0.25) is 0 Å². The van der Waals surface area contributed by atoms with Crippen molar-refractivity contribution in [1.29, 1.82) is 0 Å². The molecule has 10 aromatic rings. The Morgan fingerprint density at radius 3 is 0.929 bits per heavy atom. The van der Waals surface area contributed by atoms with Crippen molar-refractivity contribution < 1.29 is 4.79 Å². The van der Waals surface area contributed by atoms with E-state index < -0.39 is 0 Å². The van der Waals surface area contributed by atoms with Gasteiger partial charge in [-0.3, -0.25) is 4.79 Å². The van der Waals surface area contributed by atoms with Gasteiger partial charge in [0, 0.05) is 53.0 Å². The lowest BCUT2D eigenvalue weighted by Gasteiger charge is -2.20. The Balaban J connectivity index is 0.896. The van der Waals surface area contributed by atoms with Crippen molar-refractivity contribution in [3.63, 3.8) is 0 Å². The average Bonchev–Trinajstić information content (AvgIpc) is 3.84. The molecule has 8 aromatic carbocycles. The highest BCUT2D eigenvalue weighted by Crippen LogP contribution is 2.43. The predicted molar refractivity (Wildman–Crippen MR) is 306 cm³/mol. The van der Waals surface area contributed by atoms with E-state index in [9.17, 15) is 4.79 Å². The van der Waals surface area contributed by atoms with Gasteiger partial charge in [0.15, 0.2) is 5.78 Å². The first kappa shape index (κ1) is 47.7. The molecule has 10 rings (SSSR count). The van der Waals surface area contributed by atoms with Crippen LogP contribution in [0, 0.1) is 0 Å². The fourth-order valence-electron chi connectivity index (χ4n) is 9.93. The van der Waals surface area contributed by atoms with Crippen molar-refractivity contribution >= 4 is 81.3 Å². The Hall–Kier alpha value is -6.01. The van der Waals surface area contributed by atoms with Crippen LogP contribution in [-0.4, -0.2) is 14.9 Å². The number of nitrogens with zero attached hydrogens (tertiary/aromatic N) is 2. The summed E-state index contributed by atoms with van der Waals surface area (Å²) >= 11 is 8.02. The molecular formula is C65H62Br2N2O. The van der Waals surface area contributed by atoms with Crippen LogP contribution in [0.5, 0.6) is 0 Å². The van der Waals surface area contributed by atoms with Crippen LogP contribution in [0.25, 0.3) is 77.2 Å². The van der Waals surface area contributed by atoms with Gasteiger partial charge in [-0.1, -0.05) is 168 Å². The van der Waals surface area contributed by atoms with Gasteiger partial charge in [-0.2, -0.15) is 0 Å². The zero-order chi connectivity index (χ0) is 49.8. The molecule has 5 heteroatoms. The number of aromatic nitrogens is 2. The lowest BCUT2D eigenvalue weighted by Crippen LogP contribution is -2.11. The smallest absolute Gasteiger partial charge is 0.193 e. The van der Waals surface area contributed by atoms with Gasteiger partial charge in [0.05, 0.1) is 22.1 Å². The molecule has 0 aliphatic rings. The molecule has 0 atom stereocenters. The number of fused-ring (bicyclic) bond motifs is 6. The number of carbonyl (C=O) groups is 1. The molecule has 0 unspecified atom stereocenters. The van der Waals surface area contributed by atoms with Crippen LogP contribution in [0.3, 0.4) is 0 Å². The van der Waals surface area contributed by atoms with E-state index >= 15 is 0 Å². The second-order valence-corrected chi connectivity index (χ2v) is 25.1. The Morgan fingerprint density at radius 1 is 0.343 bits per heavy atom. The largest absolute Gasteiger partial charge is 0.308 e. The van der Waals surface area contributed by atoms with Crippen molar-refractivity contribution in [2.24, 2.45) is 0 Å². The second kappa shape index (κ2) is 17.1. The van der Waals surface area contributed by atoms with Crippen LogP contribution in [0.1, 0.15) is 121 Å². The van der Waals surface area contributed by atoms with Crippen molar-refractivity contribution in [3.8, 4) is 33.6 Å². The molecule has 352 valence electrons. The molecule has 0 aliphatic heterocycles. The molecule has 0 radical (unpaired) electrons. The minimum absolute atomic E-state index is 0.00569. The highest BCUT2D eigenvalue weighted by atomic mass is 79.9. The quantitative estimate of drug-likeness (QED) is 0.153. The number of hydrogen-bond donors (Lipinski definition) is 0. The van der Waals surface area contributed by atoms with Crippen molar-refractivity contribution in [2.45, 2.75) is 105 Å². The summed E-state index contributed by atoms with van der Waals surface area (Å²) in [7, 11) is 0. The van der Waals surface area contributed by atoms with Crippen LogP contribution in [0.4, 0.5) is 0 Å². The number of carbonyl (C=O) groups excluding carboxylic acids is 1. The SMILES string of the molecule is CC(C)(C)c1ccc2c(c1)c1cc(C(C)(C)C)cc(Br)c1n2-c1ccc(-c2ccc(C(=O)c3ccc(-c4ccc(-n5c6ccc(C(C)(C)C)cc6c6cc(C(C)(C)C)cc(Br)c65)cc4)cc3)cc2)cc1. The molecule has 0 fully saturated rings. The van der Waals surface area contributed by atoms with Gasteiger partial charge in [-0.15, -0.1) is 0 Å². The molecule has 0 saturated carbocycles. The van der Waals surface area contributed by atoms with Gasteiger partial charge in [0.2, 0.25) is 0 Å². The number of halogens is 2. The summed E-state index contributed by atoms with van der Waals surface area (Å²) in [6, 6.07) is 56.8. The minimum Gasteiger partial charge on any atom is -0.308 e. The Kier molecular flexibility index (Phi) is 11.6. The fraction of sp³-hybridized carbons (Fsp3) is 0.246. The molecule has 0 saturated heterocycles. The van der Waals surface area contributed by atoms with E-state index in [0.717, 1.165) is 42.6 Å². The molecule has 0 aliphatic carbocycles. The van der Waals surface area contributed by atoms with Crippen LogP contribution in [-0.2, 0) is 21.7 Å². The van der Waals surface area contributed by atoms with Gasteiger partial charge in [0.25, 0.3) is 0 Å². The maximum atomic E-state index is 13.9. The summed E-state index contributed by atoms with van der Waals surface area (Å²) in [5, 5.41) is 5.03. The molecule has 0 N–H and O–H groups in total. The number of hydrogen-bond acceptors (Lipinski definition) is 1. The molecular weight excluding hydrogens is 985 g/mol. The highest BCUT2D eigenvalue weighted by molar-refractivity contribution is 9.11. The average molecular weight is 1050 g/mol. The summed E-state index contributed by atoms with van der Waals surface area (Å²) in [4.78, 5) is 13.9. The zero-order valence-electron chi connectivity index (χ0n) is 42.6. The number of ketones is 1. The molecule has 2 heterocycles. The second-order valence-electron chi connectivity index (χ2n) is 23.4. The molecule has 70 heavy (non-hydrogen) atoms. The predicted octanol–water partition coefficient (Wildman–Crippen LogP) is 19.2. The summed E-state index contributed by atoms with van der Waals surface area (Å²) in [6.07, 6.45) is 0. The van der Waals surface area contributed by atoms with E-state index in [2.05, 4.69) is 258 Å². The normalized spacial score (nSPS) is 12.8. The summed E-state index contributed by atoms with van der Waals surface area (Å²) in [5.74, 6) is 0.00569. The fourth-order valence-corrected chi connectivity index (χ4v) is 11.2. The standard InChI is InChI=1S/C65H62Br2N2O/c1-62(2,3)45-25-31-57-51(33-45)53-35-47(64(7,8)9)37-55(66)59(53)68(57)49-27-21-41(22-28-49)39-13-17-43(18-14-39)61(70)44-19-15-40(16-20-44)42-23-29-50(30-24-42)69-58-32-26-46(63(4,5)6)34-52(58)54-36-48(65(10,11)12)38-56(67)60(54)69/h13-38H,1-12H3. The van der Waals surface area contributed by atoms with Gasteiger partial charge >= 0.3 is 0 Å². The van der Waals surface area contributed by atoms with Crippen LogP contribution >= 0.6 is 31.9 Å². The van der Waals surface area contributed by atoms with E-state index in [1.54, 1.807) is 0 Å². The first-order valence-electron chi connectivity index (χ1n) is 24.5. The van der Waals surface area contributed by atoms with E-state index in [4.69, 9.17) is 0 Å². The lowest BCUT2D eigenvalue weighted by molar-refractivity contribution is 0.103. The van der Waals surface area contributed by atoms with Crippen molar-refractivity contribution in [2.75, 3.05) is 0 Å². The lowest BCUT2D eigenvalue weighted by atomic mass is 9.85. The first-order chi connectivity index (χ1) is 33.0.